The van der Waals surface area contributed by atoms with Crippen LogP contribution in [0.4, 0.5) is 10.2 Å². The molecule has 5 nitrogen and oxygen atoms in total. The van der Waals surface area contributed by atoms with Crippen LogP contribution in [0.1, 0.15) is 43.0 Å². The van der Waals surface area contributed by atoms with Crippen LogP contribution in [-0.4, -0.2) is 28.4 Å². The largest absolute Gasteiger partial charge is 0.336 e. The zero-order valence-electron chi connectivity index (χ0n) is 11.0. The van der Waals surface area contributed by atoms with Gasteiger partial charge < -0.3 is 10.3 Å². The van der Waals surface area contributed by atoms with Crippen molar-refractivity contribution in [1.29, 1.82) is 0 Å². The van der Waals surface area contributed by atoms with E-state index in [1.165, 1.54) is 12.3 Å². The van der Waals surface area contributed by atoms with Gasteiger partial charge in [0.15, 0.2) is 11.6 Å². The van der Waals surface area contributed by atoms with E-state index < -0.39 is 5.82 Å². The third-order valence-electron chi connectivity index (χ3n) is 3.57. The smallest absolute Gasteiger partial charge is 0.257 e. The highest BCUT2D eigenvalue weighted by Crippen LogP contribution is 2.21. The van der Waals surface area contributed by atoms with Crippen molar-refractivity contribution in [1.82, 2.24) is 9.88 Å². The van der Waals surface area contributed by atoms with Gasteiger partial charge in [0.25, 0.3) is 5.91 Å². The van der Waals surface area contributed by atoms with E-state index in [0.29, 0.717) is 6.54 Å². The zero-order valence-corrected chi connectivity index (χ0v) is 11.0. The summed E-state index contributed by atoms with van der Waals surface area (Å²) in [6.45, 7) is 2.68. The van der Waals surface area contributed by atoms with Gasteiger partial charge in [-0.25, -0.2) is 15.2 Å². The number of rotatable bonds is 2. The van der Waals surface area contributed by atoms with Gasteiger partial charge in [0, 0.05) is 18.8 Å². The molecule has 0 aliphatic carbocycles. The Morgan fingerprint density at radius 3 is 3.05 bits per heavy atom. The maximum Gasteiger partial charge on any atom is 0.257 e. The Labute approximate surface area is 112 Å². The van der Waals surface area contributed by atoms with Crippen LogP contribution in [0.25, 0.3) is 0 Å². The predicted molar refractivity (Wildman–Crippen MR) is 71.0 cm³/mol. The highest BCUT2D eigenvalue weighted by Gasteiger charge is 2.26. The molecular weight excluding hydrogens is 247 g/mol. The number of hydrogen-bond donors (Lipinski definition) is 2. The lowest BCUT2D eigenvalue weighted by molar-refractivity contribution is 0.0693. The maximum atomic E-state index is 14.1. The quantitative estimate of drug-likeness (QED) is 0.633. The number of nitrogens with two attached hydrogens (primary N) is 1. The number of pyridine rings is 1. The summed E-state index contributed by atoms with van der Waals surface area (Å²) in [4.78, 5) is 17.9. The maximum absolute atomic E-state index is 14.1. The second-order valence-corrected chi connectivity index (χ2v) is 4.86. The monoisotopic (exact) mass is 266 g/mol. The van der Waals surface area contributed by atoms with Crippen molar-refractivity contribution in [2.24, 2.45) is 5.84 Å². The molecule has 0 aromatic carbocycles. The minimum atomic E-state index is -0.688. The third kappa shape index (κ3) is 2.84. The molecule has 104 valence electrons. The Bertz CT molecular complexity index is 466. The van der Waals surface area contributed by atoms with Crippen LogP contribution in [0.3, 0.4) is 0 Å². The van der Waals surface area contributed by atoms with Gasteiger partial charge in [-0.3, -0.25) is 4.79 Å². The van der Waals surface area contributed by atoms with Crippen LogP contribution in [0.15, 0.2) is 12.3 Å². The molecule has 6 heteroatoms. The number of amides is 1. The van der Waals surface area contributed by atoms with E-state index in [2.05, 4.69) is 10.4 Å². The van der Waals surface area contributed by atoms with Gasteiger partial charge >= 0.3 is 0 Å². The molecule has 1 atom stereocenters. The molecule has 2 rings (SSSR count). The molecule has 1 fully saturated rings. The fraction of sp³-hybridized carbons (Fsp3) is 0.538. The Hall–Kier alpha value is -1.69. The number of anilines is 1. The van der Waals surface area contributed by atoms with Crippen LogP contribution in [-0.2, 0) is 0 Å². The van der Waals surface area contributed by atoms with Crippen molar-refractivity contribution in [3.05, 3.63) is 23.6 Å². The van der Waals surface area contributed by atoms with Crippen LogP contribution in [0.2, 0.25) is 0 Å². The predicted octanol–water partition coefficient (Wildman–Crippen LogP) is 1.91. The molecule has 19 heavy (non-hydrogen) atoms. The number of likely N-dealkylation sites (tertiary alicyclic amines) is 1. The summed E-state index contributed by atoms with van der Waals surface area (Å²) in [5.41, 5.74) is 2.18. The van der Waals surface area contributed by atoms with Gasteiger partial charge in [0.05, 0.1) is 5.56 Å². The van der Waals surface area contributed by atoms with Gasteiger partial charge in [0.2, 0.25) is 0 Å². The first-order valence-corrected chi connectivity index (χ1v) is 6.57. The fourth-order valence-electron chi connectivity index (χ4n) is 2.44. The molecule has 0 spiro atoms. The SMILES string of the molecule is CC1CCCCCN1C(=O)c1ccnc(NN)c1F. The van der Waals surface area contributed by atoms with Crippen LogP contribution >= 0.6 is 0 Å². The second-order valence-electron chi connectivity index (χ2n) is 4.86. The minimum absolute atomic E-state index is 0.0247. The second kappa shape index (κ2) is 5.97. The molecule has 0 saturated carbocycles. The Kier molecular flexibility index (Phi) is 4.31. The van der Waals surface area contributed by atoms with E-state index >= 15 is 0 Å². The Balaban J connectivity index is 2.27. The summed E-state index contributed by atoms with van der Waals surface area (Å²) < 4.78 is 14.1. The average molecular weight is 266 g/mol. The fourth-order valence-corrected chi connectivity index (χ4v) is 2.44. The first-order chi connectivity index (χ1) is 9.15. The number of halogens is 1. The number of carbonyl (C=O) groups is 1. The lowest BCUT2D eigenvalue weighted by Crippen LogP contribution is -2.38. The summed E-state index contributed by atoms with van der Waals surface area (Å²) in [7, 11) is 0. The molecule has 2 heterocycles. The molecule has 1 amide bonds. The molecule has 0 radical (unpaired) electrons. The first kappa shape index (κ1) is 13.7. The van der Waals surface area contributed by atoms with Crippen molar-refractivity contribution in [3.8, 4) is 0 Å². The zero-order chi connectivity index (χ0) is 13.8. The van der Waals surface area contributed by atoms with Crippen molar-refractivity contribution in [3.63, 3.8) is 0 Å². The van der Waals surface area contributed by atoms with E-state index in [1.54, 1.807) is 4.90 Å². The normalized spacial score (nSPS) is 19.9. The number of nitrogen functional groups attached to an aromatic ring is 1. The molecule has 1 aliphatic rings. The molecule has 1 aromatic rings. The van der Waals surface area contributed by atoms with Gasteiger partial charge in [0.1, 0.15) is 0 Å². The number of aromatic nitrogens is 1. The molecule has 1 saturated heterocycles. The van der Waals surface area contributed by atoms with Crippen LogP contribution in [0.5, 0.6) is 0 Å². The summed E-state index contributed by atoms with van der Waals surface area (Å²) >= 11 is 0. The highest BCUT2D eigenvalue weighted by molar-refractivity contribution is 5.95. The van der Waals surface area contributed by atoms with Crippen molar-refractivity contribution in [2.45, 2.75) is 38.6 Å². The lowest BCUT2D eigenvalue weighted by atomic mass is 10.1. The number of carbonyl (C=O) groups excluding carboxylic acids is 1. The molecule has 0 bridgehead atoms. The van der Waals surface area contributed by atoms with Crippen molar-refractivity contribution in [2.75, 3.05) is 12.0 Å². The third-order valence-corrected chi connectivity index (χ3v) is 3.57. The van der Waals surface area contributed by atoms with E-state index in [4.69, 9.17) is 5.84 Å². The van der Waals surface area contributed by atoms with Gasteiger partial charge in [-0.15, -0.1) is 0 Å². The van der Waals surface area contributed by atoms with E-state index in [-0.39, 0.29) is 23.3 Å². The highest BCUT2D eigenvalue weighted by atomic mass is 19.1. The van der Waals surface area contributed by atoms with E-state index in [0.717, 1.165) is 25.7 Å². The first-order valence-electron chi connectivity index (χ1n) is 6.57. The number of nitrogens with one attached hydrogen (secondary N) is 1. The van der Waals surface area contributed by atoms with Crippen molar-refractivity contribution >= 4 is 11.7 Å². The average Bonchev–Trinajstić information content (AvgIpc) is 2.63. The van der Waals surface area contributed by atoms with Gasteiger partial charge in [-0.2, -0.15) is 0 Å². The summed E-state index contributed by atoms with van der Waals surface area (Å²) in [6, 6.07) is 1.53. The number of hydrogen-bond acceptors (Lipinski definition) is 4. The summed E-state index contributed by atoms with van der Waals surface area (Å²) in [5, 5.41) is 0. The molecular formula is C13H19FN4O. The van der Waals surface area contributed by atoms with E-state index in [9.17, 15) is 9.18 Å². The Morgan fingerprint density at radius 1 is 1.53 bits per heavy atom. The van der Waals surface area contributed by atoms with Gasteiger partial charge in [-0.05, 0) is 25.8 Å². The minimum Gasteiger partial charge on any atom is -0.336 e. The topological polar surface area (TPSA) is 71.2 Å². The molecule has 1 unspecified atom stereocenters. The molecule has 1 aromatic heterocycles. The molecule has 1 aliphatic heterocycles. The van der Waals surface area contributed by atoms with Crippen LogP contribution < -0.4 is 11.3 Å². The standard InChI is InChI=1S/C13H19FN4O/c1-9-5-3-2-4-8-18(9)13(19)10-6-7-16-12(17-15)11(10)14/h6-7,9H,2-5,8,15H2,1H3,(H,16,17). The summed E-state index contributed by atoms with van der Waals surface area (Å²) in [5.74, 6) is 4.09. The van der Waals surface area contributed by atoms with Gasteiger partial charge in [-0.1, -0.05) is 12.8 Å². The number of nitrogens with zero attached hydrogens (tertiary/aromatic N) is 2. The molecule has 3 N–H and O–H groups in total. The Morgan fingerprint density at radius 2 is 2.32 bits per heavy atom. The number of hydrazine groups is 1. The van der Waals surface area contributed by atoms with E-state index in [1.807, 2.05) is 6.92 Å². The lowest BCUT2D eigenvalue weighted by Gasteiger charge is -2.27. The van der Waals surface area contributed by atoms with Crippen molar-refractivity contribution < 1.29 is 9.18 Å². The summed E-state index contributed by atoms with van der Waals surface area (Å²) in [6.07, 6.45) is 5.53. The van der Waals surface area contributed by atoms with Crippen LogP contribution in [0, 0.1) is 5.82 Å².